The van der Waals surface area contributed by atoms with Crippen molar-refractivity contribution in [2.24, 2.45) is 10.7 Å². The summed E-state index contributed by atoms with van der Waals surface area (Å²) in [5, 5.41) is 3.00. The zero-order chi connectivity index (χ0) is 11.5. The number of nitrogens with zero attached hydrogens (tertiary/aromatic N) is 1. The second-order valence-corrected chi connectivity index (χ2v) is 4.13. The molecule has 16 heavy (non-hydrogen) atoms. The van der Waals surface area contributed by atoms with E-state index in [0.29, 0.717) is 17.6 Å². The summed E-state index contributed by atoms with van der Waals surface area (Å²) in [5.41, 5.74) is 6.33. The molecule has 0 bridgehead atoms. The molecule has 2 rings (SSSR count). The van der Waals surface area contributed by atoms with E-state index < -0.39 is 0 Å². The summed E-state index contributed by atoms with van der Waals surface area (Å²) in [6.45, 7) is 1.87. The van der Waals surface area contributed by atoms with E-state index in [4.69, 9.17) is 5.73 Å². The first-order chi connectivity index (χ1) is 7.66. The summed E-state index contributed by atoms with van der Waals surface area (Å²) in [7, 11) is 0. The van der Waals surface area contributed by atoms with Gasteiger partial charge in [-0.3, -0.25) is 4.99 Å². The van der Waals surface area contributed by atoms with Crippen molar-refractivity contribution in [3.63, 3.8) is 0 Å². The largest absolute Gasteiger partial charge is 0.370 e. The number of halogens is 1. The number of hydrogen-bond acceptors (Lipinski definition) is 1. The summed E-state index contributed by atoms with van der Waals surface area (Å²) in [6, 6.07) is 6.89. The van der Waals surface area contributed by atoms with E-state index in [0.717, 1.165) is 12.8 Å². The monoisotopic (exact) mass is 221 g/mol. The second-order valence-electron chi connectivity index (χ2n) is 4.13. The molecule has 1 aliphatic rings. The molecule has 1 aliphatic carbocycles. The Morgan fingerprint density at radius 3 is 2.81 bits per heavy atom. The first kappa shape index (κ1) is 10.9. The van der Waals surface area contributed by atoms with Gasteiger partial charge in [0.25, 0.3) is 0 Å². The highest BCUT2D eigenvalue weighted by atomic mass is 19.1. The van der Waals surface area contributed by atoms with Gasteiger partial charge in [-0.15, -0.1) is 0 Å². The van der Waals surface area contributed by atoms with Gasteiger partial charge in [-0.2, -0.15) is 0 Å². The summed E-state index contributed by atoms with van der Waals surface area (Å²) in [4.78, 5) is 4.24. The van der Waals surface area contributed by atoms with Crippen LogP contribution in [0.5, 0.6) is 0 Å². The standard InChI is InChI=1S/C12H16FN3/c1-8(10-4-2-3-5-11(10)13)15-12(14)16-9-6-7-9/h2-5,8-9H,6-7H2,1H3,(H3,14,15,16). The van der Waals surface area contributed by atoms with Crippen molar-refractivity contribution in [3.05, 3.63) is 35.6 Å². The maximum Gasteiger partial charge on any atom is 0.189 e. The Hall–Kier alpha value is -1.58. The van der Waals surface area contributed by atoms with E-state index in [1.54, 1.807) is 12.1 Å². The van der Waals surface area contributed by atoms with Gasteiger partial charge in [0.05, 0.1) is 12.1 Å². The molecule has 1 aromatic rings. The molecular formula is C12H16FN3. The normalized spacial score (nSPS) is 18.2. The molecule has 1 unspecified atom stereocenters. The van der Waals surface area contributed by atoms with Gasteiger partial charge in [-0.05, 0) is 25.8 Å². The molecule has 1 fully saturated rings. The van der Waals surface area contributed by atoms with Crippen LogP contribution in [-0.2, 0) is 0 Å². The smallest absolute Gasteiger partial charge is 0.189 e. The molecule has 0 spiro atoms. The number of nitrogens with one attached hydrogen (secondary N) is 1. The van der Waals surface area contributed by atoms with Crippen LogP contribution in [0.1, 0.15) is 31.4 Å². The first-order valence-electron chi connectivity index (χ1n) is 5.51. The van der Waals surface area contributed by atoms with Gasteiger partial charge >= 0.3 is 0 Å². The predicted molar refractivity (Wildman–Crippen MR) is 62.6 cm³/mol. The van der Waals surface area contributed by atoms with Crippen molar-refractivity contribution < 1.29 is 4.39 Å². The molecule has 0 aromatic heterocycles. The average Bonchev–Trinajstić information content (AvgIpc) is 3.01. The average molecular weight is 221 g/mol. The van der Waals surface area contributed by atoms with Crippen LogP contribution in [0.25, 0.3) is 0 Å². The Labute approximate surface area is 94.6 Å². The van der Waals surface area contributed by atoms with Crippen LogP contribution in [0, 0.1) is 5.82 Å². The molecule has 4 heteroatoms. The van der Waals surface area contributed by atoms with Gasteiger partial charge in [-0.25, -0.2) is 4.39 Å². The summed E-state index contributed by atoms with van der Waals surface area (Å²) in [6.07, 6.45) is 2.22. The van der Waals surface area contributed by atoms with Crippen LogP contribution < -0.4 is 11.1 Å². The van der Waals surface area contributed by atoms with Crippen molar-refractivity contribution in [1.82, 2.24) is 5.32 Å². The van der Waals surface area contributed by atoms with Gasteiger partial charge in [0, 0.05) is 5.56 Å². The first-order valence-corrected chi connectivity index (χ1v) is 5.51. The highest BCUT2D eigenvalue weighted by Gasteiger charge is 2.21. The SMILES string of the molecule is CC(NC(N)=NC1CC1)c1ccccc1F. The Morgan fingerprint density at radius 2 is 2.19 bits per heavy atom. The number of hydrogen-bond donors (Lipinski definition) is 2. The van der Waals surface area contributed by atoms with Gasteiger partial charge in [0.1, 0.15) is 5.82 Å². The molecule has 0 aliphatic heterocycles. The molecule has 3 N–H and O–H groups in total. The zero-order valence-corrected chi connectivity index (χ0v) is 9.28. The van der Waals surface area contributed by atoms with E-state index >= 15 is 0 Å². The fourth-order valence-corrected chi connectivity index (χ4v) is 1.56. The Morgan fingerprint density at radius 1 is 1.50 bits per heavy atom. The second kappa shape index (κ2) is 4.51. The molecule has 1 aromatic carbocycles. The molecule has 0 heterocycles. The minimum absolute atomic E-state index is 0.163. The van der Waals surface area contributed by atoms with E-state index in [-0.39, 0.29) is 11.9 Å². The number of nitrogens with two attached hydrogens (primary N) is 1. The quantitative estimate of drug-likeness (QED) is 0.605. The molecule has 86 valence electrons. The van der Waals surface area contributed by atoms with Crippen LogP contribution in [0.15, 0.2) is 29.3 Å². The van der Waals surface area contributed by atoms with Crippen LogP contribution in [0.4, 0.5) is 4.39 Å². The maximum atomic E-state index is 13.4. The Bertz CT molecular complexity index is 399. The van der Waals surface area contributed by atoms with E-state index in [2.05, 4.69) is 10.3 Å². The lowest BCUT2D eigenvalue weighted by atomic mass is 10.1. The van der Waals surface area contributed by atoms with E-state index in [1.165, 1.54) is 6.07 Å². The Balaban J connectivity index is 2.02. The van der Waals surface area contributed by atoms with Gasteiger partial charge in [-0.1, -0.05) is 18.2 Å². The molecule has 1 atom stereocenters. The summed E-state index contributed by atoms with van der Waals surface area (Å²) < 4.78 is 13.4. The van der Waals surface area contributed by atoms with Crippen molar-refractivity contribution in [2.45, 2.75) is 31.8 Å². The topological polar surface area (TPSA) is 50.4 Å². The van der Waals surface area contributed by atoms with Gasteiger partial charge in [0.2, 0.25) is 0 Å². The fraction of sp³-hybridized carbons (Fsp3) is 0.417. The van der Waals surface area contributed by atoms with Crippen molar-refractivity contribution in [1.29, 1.82) is 0 Å². The van der Waals surface area contributed by atoms with Crippen molar-refractivity contribution >= 4 is 5.96 Å². The predicted octanol–water partition coefficient (Wildman–Crippen LogP) is 1.95. The lowest BCUT2D eigenvalue weighted by Crippen LogP contribution is -2.34. The third-order valence-corrected chi connectivity index (χ3v) is 2.60. The fourth-order valence-electron chi connectivity index (χ4n) is 1.56. The summed E-state index contributed by atoms with van der Waals surface area (Å²) >= 11 is 0. The Kier molecular flexibility index (Phi) is 3.08. The summed E-state index contributed by atoms with van der Waals surface area (Å²) in [5.74, 6) is 0.181. The molecule has 1 saturated carbocycles. The molecule has 0 saturated heterocycles. The number of rotatable bonds is 3. The van der Waals surface area contributed by atoms with Crippen molar-refractivity contribution in [3.8, 4) is 0 Å². The third kappa shape index (κ3) is 2.72. The maximum absolute atomic E-state index is 13.4. The third-order valence-electron chi connectivity index (χ3n) is 2.60. The van der Waals surface area contributed by atoms with Gasteiger partial charge in [0.15, 0.2) is 5.96 Å². The van der Waals surface area contributed by atoms with E-state index in [1.807, 2.05) is 13.0 Å². The van der Waals surface area contributed by atoms with Crippen LogP contribution in [-0.4, -0.2) is 12.0 Å². The number of aliphatic imine (C=N–C) groups is 1. The van der Waals surface area contributed by atoms with Crippen LogP contribution >= 0.6 is 0 Å². The lowest BCUT2D eigenvalue weighted by molar-refractivity contribution is 0.578. The zero-order valence-electron chi connectivity index (χ0n) is 9.28. The molecular weight excluding hydrogens is 205 g/mol. The van der Waals surface area contributed by atoms with Crippen molar-refractivity contribution in [2.75, 3.05) is 0 Å². The minimum Gasteiger partial charge on any atom is -0.370 e. The molecule has 0 radical (unpaired) electrons. The highest BCUT2D eigenvalue weighted by molar-refractivity contribution is 5.78. The number of benzene rings is 1. The molecule has 3 nitrogen and oxygen atoms in total. The minimum atomic E-state index is -0.221. The number of guanidine groups is 1. The molecule has 0 amide bonds. The van der Waals surface area contributed by atoms with E-state index in [9.17, 15) is 4.39 Å². The van der Waals surface area contributed by atoms with Gasteiger partial charge < -0.3 is 11.1 Å². The van der Waals surface area contributed by atoms with Crippen LogP contribution in [0.2, 0.25) is 0 Å². The lowest BCUT2D eigenvalue weighted by Gasteiger charge is -2.15. The highest BCUT2D eigenvalue weighted by Crippen LogP contribution is 2.23. The van der Waals surface area contributed by atoms with Crippen LogP contribution in [0.3, 0.4) is 0 Å².